The van der Waals surface area contributed by atoms with Gasteiger partial charge in [-0.2, -0.15) is 0 Å². The zero-order chi connectivity index (χ0) is 14.0. The number of carbonyl (C=O) groups is 1. The van der Waals surface area contributed by atoms with Crippen LogP contribution in [0.1, 0.15) is 10.4 Å². The van der Waals surface area contributed by atoms with Gasteiger partial charge in [-0.25, -0.2) is 8.78 Å². The van der Waals surface area contributed by atoms with E-state index < -0.39 is 17.5 Å². The van der Waals surface area contributed by atoms with Gasteiger partial charge in [0.1, 0.15) is 11.6 Å². The molecule has 0 aliphatic rings. The minimum atomic E-state index is -0.568. The van der Waals surface area contributed by atoms with Crippen molar-refractivity contribution in [2.45, 2.75) is 0 Å². The van der Waals surface area contributed by atoms with E-state index in [2.05, 4.69) is 21.2 Å². The maximum atomic E-state index is 13.1. The maximum Gasteiger partial charge on any atom is 0.256 e. The van der Waals surface area contributed by atoms with Gasteiger partial charge in [0.05, 0.1) is 5.56 Å². The van der Waals surface area contributed by atoms with Crippen LogP contribution in [0.15, 0.2) is 40.9 Å². The van der Waals surface area contributed by atoms with Crippen molar-refractivity contribution >= 4 is 39.1 Å². The summed E-state index contributed by atoms with van der Waals surface area (Å²) in [6, 6.07) is 7.37. The highest BCUT2D eigenvalue weighted by atomic mass is 79.9. The number of hydrogen-bond donors (Lipinski definition) is 1. The molecular weight excluding hydrogens is 340 g/mol. The highest BCUT2D eigenvalue weighted by Gasteiger charge is 2.12. The van der Waals surface area contributed by atoms with Gasteiger partial charge < -0.3 is 5.32 Å². The Morgan fingerprint density at radius 1 is 1.11 bits per heavy atom. The van der Waals surface area contributed by atoms with Gasteiger partial charge >= 0.3 is 0 Å². The van der Waals surface area contributed by atoms with Crippen LogP contribution in [-0.2, 0) is 0 Å². The van der Waals surface area contributed by atoms with Crippen LogP contribution >= 0.6 is 27.5 Å². The first-order valence-electron chi connectivity index (χ1n) is 5.18. The van der Waals surface area contributed by atoms with Crippen molar-refractivity contribution in [3.05, 3.63) is 63.1 Å². The highest BCUT2D eigenvalue weighted by molar-refractivity contribution is 9.10. The number of anilines is 1. The van der Waals surface area contributed by atoms with Crippen LogP contribution in [0, 0.1) is 11.6 Å². The molecule has 2 aromatic carbocycles. The van der Waals surface area contributed by atoms with E-state index in [1.165, 1.54) is 18.2 Å². The molecule has 0 bridgehead atoms. The molecular formula is C13H7BrClF2NO. The Labute approximate surface area is 121 Å². The first kappa shape index (κ1) is 14.0. The topological polar surface area (TPSA) is 29.1 Å². The fourth-order valence-corrected chi connectivity index (χ4v) is 2.14. The van der Waals surface area contributed by atoms with E-state index in [9.17, 15) is 13.6 Å². The molecule has 2 nitrogen and oxygen atoms in total. The molecule has 2 rings (SSSR count). The second kappa shape index (κ2) is 5.67. The summed E-state index contributed by atoms with van der Waals surface area (Å²) >= 11 is 8.82. The Balaban J connectivity index is 2.28. The SMILES string of the molecule is O=C(Nc1cc(F)cc(Cl)c1)c1cc(F)ccc1Br. The normalized spacial score (nSPS) is 10.3. The molecule has 0 unspecified atom stereocenters. The van der Waals surface area contributed by atoms with Crippen molar-refractivity contribution in [2.75, 3.05) is 5.32 Å². The minimum Gasteiger partial charge on any atom is -0.322 e. The third kappa shape index (κ3) is 3.52. The quantitative estimate of drug-likeness (QED) is 0.844. The predicted octanol–water partition coefficient (Wildman–Crippen LogP) is 4.63. The van der Waals surface area contributed by atoms with Gasteiger partial charge in [0, 0.05) is 15.2 Å². The Morgan fingerprint density at radius 3 is 2.53 bits per heavy atom. The monoisotopic (exact) mass is 345 g/mol. The van der Waals surface area contributed by atoms with Gasteiger partial charge in [0.25, 0.3) is 5.91 Å². The maximum absolute atomic E-state index is 13.1. The second-order valence-corrected chi connectivity index (χ2v) is 5.03. The van der Waals surface area contributed by atoms with Gasteiger partial charge in [-0.3, -0.25) is 4.79 Å². The third-order valence-electron chi connectivity index (χ3n) is 2.29. The minimum absolute atomic E-state index is 0.111. The van der Waals surface area contributed by atoms with E-state index in [1.54, 1.807) is 0 Å². The number of nitrogens with one attached hydrogen (secondary N) is 1. The van der Waals surface area contributed by atoms with Crippen LogP contribution in [0.2, 0.25) is 5.02 Å². The molecule has 19 heavy (non-hydrogen) atoms. The lowest BCUT2D eigenvalue weighted by Crippen LogP contribution is -2.13. The Bertz CT molecular complexity index is 628. The standard InChI is InChI=1S/C13H7BrClF2NO/c14-12-2-1-8(16)6-11(12)13(19)18-10-4-7(15)3-9(17)5-10/h1-6H,(H,18,19). The average Bonchev–Trinajstić information content (AvgIpc) is 2.30. The molecule has 0 radical (unpaired) electrons. The van der Waals surface area contributed by atoms with E-state index >= 15 is 0 Å². The summed E-state index contributed by atoms with van der Waals surface area (Å²) in [6.45, 7) is 0. The van der Waals surface area contributed by atoms with E-state index in [1.807, 2.05) is 0 Å². The zero-order valence-corrected chi connectivity index (χ0v) is 11.7. The molecule has 0 aliphatic carbocycles. The van der Waals surface area contributed by atoms with Crippen LogP contribution in [0.25, 0.3) is 0 Å². The van der Waals surface area contributed by atoms with Crippen molar-refractivity contribution in [1.29, 1.82) is 0 Å². The molecule has 0 heterocycles. The first-order chi connectivity index (χ1) is 8.95. The van der Waals surface area contributed by atoms with Crippen molar-refractivity contribution in [2.24, 2.45) is 0 Å². The van der Waals surface area contributed by atoms with Crippen molar-refractivity contribution in [3.8, 4) is 0 Å². The van der Waals surface area contributed by atoms with Gasteiger partial charge in [-0.1, -0.05) is 11.6 Å². The predicted molar refractivity (Wildman–Crippen MR) is 73.5 cm³/mol. The summed E-state index contributed by atoms with van der Waals surface area (Å²) in [5.41, 5.74) is 0.312. The van der Waals surface area contributed by atoms with Gasteiger partial charge in [-0.15, -0.1) is 0 Å². The summed E-state index contributed by atoms with van der Waals surface area (Å²) in [5.74, 6) is -1.67. The summed E-state index contributed by atoms with van der Waals surface area (Å²) in [6.07, 6.45) is 0. The summed E-state index contributed by atoms with van der Waals surface area (Å²) in [4.78, 5) is 11.9. The van der Waals surface area contributed by atoms with Gasteiger partial charge in [0.15, 0.2) is 0 Å². The highest BCUT2D eigenvalue weighted by Crippen LogP contribution is 2.22. The molecule has 0 fully saturated rings. The average molecular weight is 347 g/mol. The second-order valence-electron chi connectivity index (χ2n) is 3.74. The van der Waals surface area contributed by atoms with E-state index in [0.717, 1.165) is 18.2 Å². The molecule has 0 atom stereocenters. The smallest absolute Gasteiger partial charge is 0.256 e. The zero-order valence-electron chi connectivity index (χ0n) is 9.38. The summed E-state index contributed by atoms with van der Waals surface area (Å²) < 4.78 is 26.7. The third-order valence-corrected chi connectivity index (χ3v) is 3.20. The fourth-order valence-electron chi connectivity index (χ4n) is 1.50. The number of carbonyl (C=O) groups excluding carboxylic acids is 1. The largest absolute Gasteiger partial charge is 0.322 e. The summed E-state index contributed by atoms with van der Waals surface area (Å²) in [5, 5.41) is 2.61. The lowest BCUT2D eigenvalue weighted by molar-refractivity contribution is 0.102. The number of benzene rings is 2. The molecule has 98 valence electrons. The van der Waals surface area contributed by atoms with Gasteiger partial charge in [0.2, 0.25) is 0 Å². The molecule has 0 aromatic heterocycles. The number of rotatable bonds is 2. The number of halogens is 4. The molecule has 0 saturated carbocycles. The molecule has 6 heteroatoms. The summed E-state index contributed by atoms with van der Waals surface area (Å²) in [7, 11) is 0. The number of hydrogen-bond acceptors (Lipinski definition) is 1. The Kier molecular flexibility index (Phi) is 4.17. The van der Waals surface area contributed by atoms with Crippen LogP contribution in [0.5, 0.6) is 0 Å². The van der Waals surface area contributed by atoms with Crippen molar-refractivity contribution in [3.63, 3.8) is 0 Å². The van der Waals surface area contributed by atoms with Crippen LogP contribution in [0.3, 0.4) is 0 Å². The molecule has 0 aliphatic heterocycles. The van der Waals surface area contributed by atoms with E-state index in [0.29, 0.717) is 4.47 Å². The molecule has 0 spiro atoms. The fraction of sp³-hybridized carbons (Fsp3) is 0. The van der Waals surface area contributed by atoms with Crippen LogP contribution in [0.4, 0.5) is 14.5 Å². The molecule has 2 aromatic rings. The van der Waals surface area contributed by atoms with E-state index in [-0.39, 0.29) is 16.3 Å². The van der Waals surface area contributed by atoms with Crippen molar-refractivity contribution in [1.82, 2.24) is 0 Å². The molecule has 0 saturated heterocycles. The lowest BCUT2D eigenvalue weighted by atomic mass is 10.2. The van der Waals surface area contributed by atoms with Crippen LogP contribution in [-0.4, -0.2) is 5.91 Å². The van der Waals surface area contributed by atoms with E-state index in [4.69, 9.17) is 11.6 Å². The van der Waals surface area contributed by atoms with Gasteiger partial charge in [-0.05, 0) is 52.3 Å². The Hall–Kier alpha value is -1.46. The van der Waals surface area contributed by atoms with Crippen LogP contribution < -0.4 is 5.32 Å². The lowest BCUT2D eigenvalue weighted by Gasteiger charge is -2.07. The number of amides is 1. The van der Waals surface area contributed by atoms with Crippen molar-refractivity contribution < 1.29 is 13.6 Å². The molecule has 1 amide bonds. The first-order valence-corrected chi connectivity index (χ1v) is 6.35. The molecule has 1 N–H and O–H groups in total. The Morgan fingerprint density at radius 2 is 1.84 bits per heavy atom.